The van der Waals surface area contributed by atoms with Crippen molar-refractivity contribution in [3.63, 3.8) is 0 Å². The predicted molar refractivity (Wildman–Crippen MR) is 76.5 cm³/mol. The fourth-order valence-electron chi connectivity index (χ4n) is 3.60. The van der Waals surface area contributed by atoms with E-state index in [1.54, 1.807) is 11.9 Å². The van der Waals surface area contributed by atoms with Crippen LogP contribution in [-0.4, -0.2) is 48.7 Å². The van der Waals surface area contributed by atoms with Gasteiger partial charge >= 0.3 is 5.97 Å². The lowest BCUT2D eigenvalue weighted by Gasteiger charge is -2.28. The number of ether oxygens (including phenoxy) is 1. The van der Waals surface area contributed by atoms with Crippen molar-refractivity contribution in [3.05, 3.63) is 12.2 Å². The summed E-state index contributed by atoms with van der Waals surface area (Å²) in [5.74, 6) is -0.997. The van der Waals surface area contributed by atoms with Crippen molar-refractivity contribution in [3.8, 4) is 0 Å². The van der Waals surface area contributed by atoms with Crippen molar-refractivity contribution in [2.45, 2.75) is 19.3 Å². The highest BCUT2D eigenvalue weighted by Crippen LogP contribution is 2.48. The Hall–Kier alpha value is -1.36. The van der Waals surface area contributed by atoms with Gasteiger partial charge in [0.1, 0.15) is 0 Å². The number of aliphatic carboxylic acids is 1. The molecule has 0 aromatic heterocycles. The molecule has 0 aromatic carbocycles. The molecule has 4 atom stereocenters. The molecule has 0 heterocycles. The molecule has 1 amide bonds. The van der Waals surface area contributed by atoms with Crippen LogP contribution in [0.1, 0.15) is 19.3 Å². The number of nitrogens with zero attached hydrogens (tertiary/aromatic N) is 1. The number of hydrogen-bond acceptors (Lipinski definition) is 3. The first-order valence-electron chi connectivity index (χ1n) is 7.81. The van der Waals surface area contributed by atoms with Gasteiger partial charge in [0.2, 0.25) is 5.91 Å². The summed E-state index contributed by atoms with van der Waals surface area (Å²) < 4.78 is 5.55. The zero-order chi connectivity index (χ0) is 15.0. The normalized spacial score (nSPS) is 33.4. The van der Waals surface area contributed by atoms with Gasteiger partial charge in [-0.25, -0.2) is 0 Å². The molecule has 0 spiro atoms. The Labute approximate surface area is 124 Å². The van der Waals surface area contributed by atoms with Crippen LogP contribution in [0, 0.1) is 29.6 Å². The van der Waals surface area contributed by atoms with E-state index in [9.17, 15) is 14.7 Å². The van der Waals surface area contributed by atoms with E-state index in [4.69, 9.17) is 4.74 Å². The molecule has 3 aliphatic carbocycles. The fraction of sp³-hybridized carbons (Fsp3) is 0.750. The van der Waals surface area contributed by atoms with Crippen LogP contribution in [0.5, 0.6) is 0 Å². The van der Waals surface area contributed by atoms with Crippen LogP contribution in [0.25, 0.3) is 0 Å². The maximum Gasteiger partial charge on any atom is 0.307 e. The van der Waals surface area contributed by atoms with E-state index >= 15 is 0 Å². The minimum absolute atomic E-state index is 0.0287. The molecule has 2 unspecified atom stereocenters. The molecule has 1 N–H and O–H groups in total. The van der Waals surface area contributed by atoms with Crippen LogP contribution < -0.4 is 0 Å². The number of allylic oxidation sites excluding steroid dienone is 2. The second-order valence-electron chi connectivity index (χ2n) is 6.62. The van der Waals surface area contributed by atoms with E-state index < -0.39 is 17.8 Å². The molecule has 0 aliphatic heterocycles. The van der Waals surface area contributed by atoms with Gasteiger partial charge in [0.05, 0.1) is 18.4 Å². The highest BCUT2D eigenvalue weighted by Gasteiger charge is 2.52. The second kappa shape index (κ2) is 5.79. The Balaban J connectivity index is 1.53. The third-order valence-electron chi connectivity index (χ3n) is 5.03. The minimum Gasteiger partial charge on any atom is -0.481 e. The number of carbonyl (C=O) groups is 2. The van der Waals surface area contributed by atoms with Crippen molar-refractivity contribution in [2.24, 2.45) is 29.6 Å². The van der Waals surface area contributed by atoms with Gasteiger partial charge in [-0.2, -0.15) is 0 Å². The second-order valence-corrected chi connectivity index (χ2v) is 6.62. The quantitative estimate of drug-likeness (QED) is 0.569. The van der Waals surface area contributed by atoms with E-state index in [-0.39, 0.29) is 17.7 Å². The number of likely N-dealkylation sites (N-methyl/N-ethyl adjacent to an activating group) is 1. The van der Waals surface area contributed by atoms with Crippen LogP contribution >= 0.6 is 0 Å². The highest BCUT2D eigenvalue weighted by atomic mass is 16.5. The topological polar surface area (TPSA) is 66.8 Å². The molecule has 5 nitrogen and oxygen atoms in total. The molecule has 2 bridgehead atoms. The Morgan fingerprint density at radius 3 is 2.52 bits per heavy atom. The van der Waals surface area contributed by atoms with Crippen molar-refractivity contribution >= 4 is 11.9 Å². The zero-order valence-electron chi connectivity index (χ0n) is 12.4. The van der Waals surface area contributed by atoms with Crippen LogP contribution in [0.2, 0.25) is 0 Å². The predicted octanol–water partition coefficient (Wildman–Crippen LogP) is 1.39. The molecule has 3 aliphatic rings. The lowest BCUT2D eigenvalue weighted by molar-refractivity contribution is -0.150. The summed E-state index contributed by atoms with van der Waals surface area (Å²) in [6, 6.07) is 0. The fourth-order valence-corrected chi connectivity index (χ4v) is 3.60. The average Bonchev–Trinajstić information content (AvgIpc) is 3.05. The van der Waals surface area contributed by atoms with E-state index in [0.29, 0.717) is 13.2 Å². The molecule has 21 heavy (non-hydrogen) atoms. The smallest absolute Gasteiger partial charge is 0.307 e. The number of carboxylic acids is 1. The summed E-state index contributed by atoms with van der Waals surface area (Å²) in [5.41, 5.74) is 0. The van der Waals surface area contributed by atoms with Crippen LogP contribution in [0.15, 0.2) is 12.2 Å². The maximum atomic E-state index is 12.6. The molecule has 0 saturated heterocycles. The Kier molecular flexibility index (Phi) is 4.02. The molecule has 0 aromatic rings. The van der Waals surface area contributed by atoms with Gasteiger partial charge in [-0.15, -0.1) is 0 Å². The SMILES string of the molecule is CN(CCOCC1CC1)C(=O)[C@H]1C2C=CC(C2)[C@H]1C(=O)O. The van der Waals surface area contributed by atoms with Gasteiger partial charge in [-0.3, -0.25) is 9.59 Å². The summed E-state index contributed by atoms with van der Waals surface area (Å²) in [6.07, 6.45) is 7.30. The van der Waals surface area contributed by atoms with Gasteiger partial charge in [-0.05, 0) is 37.0 Å². The van der Waals surface area contributed by atoms with Crippen molar-refractivity contribution < 1.29 is 19.4 Å². The number of fused-ring (bicyclic) bond motifs is 2. The van der Waals surface area contributed by atoms with Crippen LogP contribution in [-0.2, 0) is 14.3 Å². The number of amides is 1. The van der Waals surface area contributed by atoms with Gasteiger partial charge in [0, 0.05) is 20.2 Å². The molecule has 0 radical (unpaired) electrons. The summed E-state index contributed by atoms with van der Waals surface area (Å²) in [4.78, 5) is 25.6. The average molecular weight is 293 g/mol. The van der Waals surface area contributed by atoms with E-state index in [2.05, 4.69) is 0 Å². The minimum atomic E-state index is -0.844. The van der Waals surface area contributed by atoms with Gasteiger partial charge in [0.15, 0.2) is 0 Å². The molecule has 3 rings (SSSR count). The summed E-state index contributed by atoms with van der Waals surface area (Å²) >= 11 is 0. The van der Waals surface area contributed by atoms with E-state index in [0.717, 1.165) is 18.9 Å². The third-order valence-corrected chi connectivity index (χ3v) is 5.03. The molecular formula is C16H23NO4. The van der Waals surface area contributed by atoms with Crippen molar-refractivity contribution in [1.29, 1.82) is 0 Å². The van der Waals surface area contributed by atoms with Gasteiger partial charge in [-0.1, -0.05) is 12.2 Å². The van der Waals surface area contributed by atoms with Gasteiger partial charge < -0.3 is 14.7 Å². The lowest BCUT2D eigenvalue weighted by Crippen LogP contribution is -2.42. The first-order valence-corrected chi connectivity index (χ1v) is 7.81. The first-order chi connectivity index (χ1) is 10.1. The van der Waals surface area contributed by atoms with Gasteiger partial charge in [0.25, 0.3) is 0 Å². The molecule has 2 saturated carbocycles. The number of carbonyl (C=O) groups excluding carboxylic acids is 1. The molecular weight excluding hydrogens is 270 g/mol. The number of rotatable bonds is 7. The van der Waals surface area contributed by atoms with E-state index in [1.807, 2.05) is 12.2 Å². The Morgan fingerprint density at radius 1 is 1.24 bits per heavy atom. The van der Waals surface area contributed by atoms with Crippen molar-refractivity contribution in [1.82, 2.24) is 4.90 Å². The Morgan fingerprint density at radius 2 is 1.90 bits per heavy atom. The van der Waals surface area contributed by atoms with Crippen LogP contribution in [0.4, 0.5) is 0 Å². The number of hydrogen-bond donors (Lipinski definition) is 1. The molecule has 116 valence electrons. The lowest BCUT2D eigenvalue weighted by atomic mass is 9.82. The summed E-state index contributed by atoms with van der Waals surface area (Å²) in [7, 11) is 1.75. The Bertz CT molecular complexity index is 457. The summed E-state index contributed by atoms with van der Waals surface area (Å²) in [6.45, 7) is 1.86. The molecule has 2 fully saturated rings. The standard InChI is InChI=1S/C16H23NO4/c1-17(6-7-21-9-10-2-3-10)15(18)13-11-4-5-12(8-11)14(13)16(19)20/h4-5,10-14H,2-3,6-9H2,1H3,(H,19,20)/t11?,12?,13-,14+/m0/s1. The van der Waals surface area contributed by atoms with E-state index in [1.165, 1.54) is 12.8 Å². The van der Waals surface area contributed by atoms with Crippen molar-refractivity contribution in [2.75, 3.05) is 26.8 Å². The first kappa shape index (κ1) is 14.6. The number of carboxylic acid groups (broad SMARTS) is 1. The van der Waals surface area contributed by atoms with Crippen LogP contribution in [0.3, 0.4) is 0 Å². The largest absolute Gasteiger partial charge is 0.481 e. The highest BCUT2D eigenvalue weighted by molar-refractivity contribution is 5.86. The molecule has 5 heteroatoms. The monoisotopic (exact) mass is 293 g/mol. The third kappa shape index (κ3) is 2.98. The summed E-state index contributed by atoms with van der Waals surface area (Å²) in [5, 5.41) is 9.39. The maximum absolute atomic E-state index is 12.6. The zero-order valence-corrected chi connectivity index (χ0v) is 12.4.